The van der Waals surface area contributed by atoms with E-state index in [0.717, 1.165) is 6.42 Å². The molecule has 2 rings (SSSR count). The smallest absolute Gasteiger partial charge is 0.260 e. The van der Waals surface area contributed by atoms with Crippen molar-refractivity contribution in [3.05, 3.63) is 24.3 Å². The lowest BCUT2D eigenvalue weighted by Crippen LogP contribution is -2.33. The molecule has 98 valence electrons. The fourth-order valence-electron chi connectivity index (χ4n) is 2.05. The Bertz CT molecular complexity index is 422. The highest BCUT2D eigenvalue weighted by atomic mass is 16.5. The zero-order chi connectivity index (χ0) is 13.0. The Balaban J connectivity index is 1.82. The van der Waals surface area contributed by atoms with Crippen molar-refractivity contribution >= 4 is 11.6 Å². The number of carbonyl (C=O) groups excluding carboxylic acids is 1. The lowest BCUT2D eigenvalue weighted by Gasteiger charge is -2.16. The van der Waals surface area contributed by atoms with Gasteiger partial charge in [-0.3, -0.25) is 4.79 Å². The molecule has 0 aromatic heterocycles. The van der Waals surface area contributed by atoms with Gasteiger partial charge in [0, 0.05) is 37.4 Å². The van der Waals surface area contributed by atoms with E-state index in [9.17, 15) is 4.79 Å². The molecule has 0 bridgehead atoms. The maximum Gasteiger partial charge on any atom is 0.260 e. The van der Waals surface area contributed by atoms with Crippen LogP contribution in [-0.4, -0.2) is 42.2 Å². The first-order valence-electron chi connectivity index (χ1n) is 6.06. The van der Waals surface area contributed by atoms with E-state index in [0.29, 0.717) is 24.5 Å². The van der Waals surface area contributed by atoms with E-state index in [1.54, 1.807) is 29.2 Å². The predicted octanol–water partition coefficient (Wildman–Crippen LogP) is 0.488. The number of aliphatic hydroxyl groups excluding tert-OH is 1. The highest BCUT2D eigenvalue weighted by molar-refractivity contribution is 5.78. The summed E-state index contributed by atoms with van der Waals surface area (Å²) in [6.45, 7) is 1.47. The fourth-order valence-corrected chi connectivity index (χ4v) is 2.05. The number of hydrogen-bond donors (Lipinski definition) is 2. The number of aliphatic hydroxyl groups is 1. The monoisotopic (exact) mass is 250 g/mol. The molecule has 1 aliphatic rings. The molecule has 1 amide bonds. The Labute approximate surface area is 106 Å². The van der Waals surface area contributed by atoms with Gasteiger partial charge in [-0.1, -0.05) is 6.07 Å². The standard InChI is InChI=1S/C13H18N2O3/c14-11-2-1-3-12(6-11)18-9-13(17)15-5-4-10(7-15)8-16/h1-3,6,10,16H,4-5,7-9,14H2. The van der Waals surface area contributed by atoms with Gasteiger partial charge < -0.3 is 20.5 Å². The van der Waals surface area contributed by atoms with E-state index in [2.05, 4.69) is 0 Å². The Kier molecular flexibility index (Phi) is 4.04. The van der Waals surface area contributed by atoms with Gasteiger partial charge in [0.05, 0.1) is 0 Å². The van der Waals surface area contributed by atoms with Crippen molar-refractivity contribution in [3.63, 3.8) is 0 Å². The van der Waals surface area contributed by atoms with Gasteiger partial charge in [-0.15, -0.1) is 0 Å². The summed E-state index contributed by atoms with van der Waals surface area (Å²) in [5.74, 6) is 0.760. The summed E-state index contributed by atoms with van der Waals surface area (Å²) in [4.78, 5) is 13.6. The van der Waals surface area contributed by atoms with Crippen molar-refractivity contribution in [3.8, 4) is 5.75 Å². The molecule has 1 fully saturated rings. The van der Waals surface area contributed by atoms with Crippen molar-refractivity contribution < 1.29 is 14.6 Å². The summed E-state index contributed by atoms with van der Waals surface area (Å²) < 4.78 is 5.40. The minimum Gasteiger partial charge on any atom is -0.484 e. The minimum absolute atomic E-state index is 0.0155. The number of carbonyl (C=O) groups is 1. The minimum atomic E-state index is -0.0478. The fraction of sp³-hybridized carbons (Fsp3) is 0.462. The molecule has 3 N–H and O–H groups in total. The van der Waals surface area contributed by atoms with Crippen LogP contribution in [0.4, 0.5) is 5.69 Å². The molecular formula is C13H18N2O3. The largest absolute Gasteiger partial charge is 0.484 e. The van der Waals surface area contributed by atoms with E-state index in [4.69, 9.17) is 15.6 Å². The molecule has 18 heavy (non-hydrogen) atoms. The number of nitrogens with zero attached hydrogens (tertiary/aromatic N) is 1. The maximum absolute atomic E-state index is 11.9. The highest BCUT2D eigenvalue weighted by Gasteiger charge is 2.25. The highest BCUT2D eigenvalue weighted by Crippen LogP contribution is 2.17. The van der Waals surface area contributed by atoms with Crippen molar-refractivity contribution in [1.82, 2.24) is 4.90 Å². The van der Waals surface area contributed by atoms with Crippen molar-refractivity contribution in [2.75, 3.05) is 32.0 Å². The van der Waals surface area contributed by atoms with Gasteiger partial charge >= 0.3 is 0 Å². The first-order valence-corrected chi connectivity index (χ1v) is 6.06. The topological polar surface area (TPSA) is 75.8 Å². The van der Waals surface area contributed by atoms with Gasteiger partial charge in [-0.25, -0.2) is 0 Å². The number of hydrogen-bond acceptors (Lipinski definition) is 4. The second-order valence-electron chi connectivity index (χ2n) is 4.54. The van der Waals surface area contributed by atoms with Gasteiger partial charge in [0.2, 0.25) is 0 Å². The second-order valence-corrected chi connectivity index (χ2v) is 4.54. The van der Waals surface area contributed by atoms with Crippen molar-refractivity contribution in [2.45, 2.75) is 6.42 Å². The molecule has 0 aliphatic carbocycles. The molecule has 0 radical (unpaired) electrons. The number of nitrogens with two attached hydrogens (primary N) is 1. The Morgan fingerprint density at radius 2 is 2.39 bits per heavy atom. The van der Waals surface area contributed by atoms with Gasteiger partial charge in [-0.05, 0) is 18.6 Å². The van der Waals surface area contributed by atoms with Crippen LogP contribution < -0.4 is 10.5 Å². The predicted molar refractivity (Wildman–Crippen MR) is 68.1 cm³/mol. The van der Waals surface area contributed by atoms with Crippen molar-refractivity contribution in [2.24, 2.45) is 5.92 Å². The molecule has 1 heterocycles. The summed E-state index contributed by atoms with van der Waals surface area (Å²) in [5.41, 5.74) is 6.23. The number of amides is 1. The van der Waals surface area contributed by atoms with E-state index < -0.39 is 0 Å². The number of ether oxygens (including phenoxy) is 1. The lowest BCUT2D eigenvalue weighted by atomic mass is 10.1. The Morgan fingerprint density at radius 3 is 3.06 bits per heavy atom. The summed E-state index contributed by atoms with van der Waals surface area (Å²) in [6, 6.07) is 7.01. The SMILES string of the molecule is Nc1cccc(OCC(=O)N2CCC(CO)C2)c1. The quantitative estimate of drug-likeness (QED) is 0.762. The molecule has 0 spiro atoms. The molecule has 5 nitrogen and oxygen atoms in total. The third-order valence-electron chi connectivity index (χ3n) is 3.12. The van der Waals surface area contributed by atoms with Crippen LogP contribution in [0.1, 0.15) is 6.42 Å². The number of nitrogen functional groups attached to an aromatic ring is 1. The molecule has 0 saturated carbocycles. The molecule has 1 aromatic carbocycles. The normalized spacial score (nSPS) is 18.9. The Morgan fingerprint density at radius 1 is 1.56 bits per heavy atom. The van der Waals surface area contributed by atoms with E-state index in [1.807, 2.05) is 0 Å². The molecule has 1 saturated heterocycles. The lowest BCUT2D eigenvalue weighted by molar-refractivity contribution is -0.132. The van der Waals surface area contributed by atoms with Gasteiger partial charge in [0.15, 0.2) is 6.61 Å². The summed E-state index contributed by atoms with van der Waals surface area (Å²) in [5, 5.41) is 9.02. The molecular weight excluding hydrogens is 232 g/mol. The van der Waals surface area contributed by atoms with Crippen LogP contribution in [0.5, 0.6) is 5.75 Å². The number of rotatable bonds is 4. The zero-order valence-corrected chi connectivity index (χ0v) is 10.2. The summed E-state index contributed by atoms with van der Waals surface area (Å²) in [7, 11) is 0. The van der Waals surface area contributed by atoms with Gasteiger partial charge in [0.25, 0.3) is 5.91 Å². The average Bonchev–Trinajstić information content (AvgIpc) is 2.85. The van der Waals surface area contributed by atoms with Crippen LogP contribution >= 0.6 is 0 Å². The van der Waals surface area contributed by atoms with Crippen LogP contribution in [0.3, 0.4) is 0 Å². The van der Waals surface area contributed by atoms with Crippen LogP contribution in [0.25, 0.3) is 0 Å². The molecule has 1 aromatic rings. The number of benzene rings is 1. The van der Waals surface area contributed by atoms with E-state index >= 15 is 0 Å². The molecule has 1 atom stereocenters. The number of likely N-dealkylation sites (tertiary alicyclic amines) is 1. The number of anilines is 1. The third-order valence-corrected chi connectivity index (χ3v) is 3.12. The molecule has 1 aliphatic heterocycles. The molecule has 5 heteroatoms. The molecule has 1 unspecified atom stereocenters. The average molecular weight is 250 g/mol. The van der Waals surface area contributed by atoms with Gasteiger partial charge in [0.1, 0.15) is 5.75 Å². The van der Waals surface area contributed by atoms with E-state index in [-0.39, 0.29) is 25.0 Å². The summed E-state index contributed by atoms with van der Waals surface area (Å²) >= 11 is 0. The summed E-state index contributed by atoms with van der Waals surface area (Å²) in [6.07, 6.45) is 0.862. The zero-order valence-electron chi connectivity index (χ0n) is 10.2. The van der Waals surface area contributed by atoms with Crippen LogP contribution in [-0.2, 0) is 4.79 Å². The van der Waals surface area contributed by atoms with Crippen molar-refractivity contribution in [1.29, 1.82) is 0 Å². The van der Waals surface area contributed by atoms with E-state index in [1.165, 1.54) is 0 Å². The third kappa shape index (κ3) is 3.13. The van der Waals surface area contributed by atoms with Crippen LogP contribution in [0.15, 0.2) is 24.3 Å². The van der Waals surface area contributed by atoms with Gasteiger partial charge in [-0.2, -0.15) is 0 Å². The van der Waals surface area contributed by atoms with Crippen LogP contribution in [0.2, 0.25) is 0 Å². The second kappa shape index (κ2) is 5.73. The Hall–Kier alpha value is -1.75. The first kappa shape index (κ1) is 12.7. The maximum atomic E-state index is 11.9. The van der Waals surface area contributed by atoms with Crippen LogP contribution in [0, 0.1) is 5.92 Å². The first-order chi connectivity index (χ1) is 8.69.